The monoisotopic (exact) mass is 172 g/mol. The molecule has 60 valence electrons. The Morgan fingerprint density at radius 2 is 2.64 bits per heavy atom. The molecule has 0 amide bonds. The van der Waals surface area contributed by atoms with Crippen LogP contribution in [0.25, 0.3) is 0 Å². The quantitative estimate of drug-likeness (QED) is 0.714. The predicted molar refractivity (Wildman–Crippen MR) is 42.8 cm³/mol. The summed E-state index contributed by atoms with van der Waals surface area (Å²) in [5, 5.41) is 13.7. The van der Waals surface area contributed by atoms with E-state index in [2.05, 4.69) is 10.3 Å². The fourth-order valence-electron chi connectivity index (χ4n) is 0.542. The summed E-state index contributed by atoms with van der Waals surface area (Å²) in [4.78, 5) is 14.2. The Hall–Kier alpha value is -1.10. The number of nitrogens with one attached hydrogen (secondary N) is 1. The summed E-state index contributed by atoms with van der Waals surface area (Å²) < 4.78 is 0. The largest absolute Gasteiger partial charge is 0.480 e. The van der Waals surface area contributed by atoms with E-state index in [9.17, 15) is 4.79 Å². The van der Waals surface area contributed by atoms with E-state index in [1.807, 2.05) is 0 Å². The van der Waals surface area contributed by atoms with Crippen molar-refractivity contribution >= 4 is 22.4 Å². The van der Waals surface area contributed by atoms with E-state index < -0.39 is 12.0 Å². The lowest BCUT2D eigenvalue weighted by Gasteiger charge is -2.05. The van der Waals surface area contributed by atoms with Crippen LogP contribution < -0.4 is 5.32 Å². The smallest absolute Gasteiger partial charge is 0.325 e. The molecule has 0 aliphatic rings. The van der Waals surface area contributed by atoms with Gasteiger partial charge in [0, 0.05) is 11.6 Å². The summed E-state index contributed by atoms with van der Waals surface area (Å²) in [6.07, 6.45) is 1.63. The number of thiazole rings is 1. The number of carbonyl (C=O) groups is 1. The first-order chi connectivity index (χ1) is 5.20. The summed E-state index contributed by atoms with van der Waals surface area (Å²) in [5.74, 6) is -0.875. The molecule has 1 aromatic heterocycles. The molecule has 0 radical (unpaired) electrons. The van der Waals surface area contributed by atoms with Gasteiger partial charge in [0.2, 0.25) is 0 Å². The molecule has 1 unspecified atom stereocenters. The lowest BCUT2D eigenvalue weighted by atomic mass is 10.4. The van der Waals surface area contributed by atoms with Crippen LogP contribution in [0.2, 0.25) is 0 Å². The molecule has 5 heteroatoms. The number of hydrogen-bond donors (Lipinski definition) is 2. The number of aliphatic carboxylic acids is 1. The summed E-state index contributed by atoms with van der Waals surface area (Å²) in [6.45, 7) is 1.57. The van der Waals surface area contributed by atoms with Crippen LogP contribution in [-0.2, 0) is 4.79 Å². The van der Waals surface area contributed by atoms with Gasteiger partial charge in [-0.05, 0) is 6.92 Å². The fraction of sp³-hybridized carbons (Fsp3) is 0.333. The zero-order chi connectivity index (χ0) is 8.27. The summed E-state index contributed by atoms with van der Waals surface area (Å²) in [6, 6.07) is -0.582. The van der Waals surface area contributed by atoms with Gasteiger partial charge in [-0.1, -0.05) is 0 Å². The maximum atomic E-state index is 10.3. The van der Waals surface area contributed by atoms with Crippen LogP contribution in [0.15, 0.2) is 11.6 Å². The van der Waals surface area contributed by atoms with Crippen molar-refractivity contribution in [2.24, 2.45) is 0 Å². The maximum absolute atomic E-state index is 10.3. The van der Waals surface area contributed by atoms with Gasteiger partial charge >= 0.3 is 5.97 Å². The highest BCUT2D eigenvalue weighted by atomic mass is 32.1. The van der Waals surface area contributed by atoms with Crippen LogP contribution in [0.5, 0.6) is 0 Å². The third-order valence-electron chi connectivity index (χ3n) is 1.14. The van der Waals surface area contributed by atoms with Gasteiger partial charge in [0.15, 0.2) is 5.13 Å². The van der Waals surface area contributed by atoms with Crippen LogP contribution >= 0.6 is 11.3 Å². The van der Waals surface area contributed by atoms with Crippen LogP contribution in [0.4, 0.5) is 5.13 Å². The molecule has 0 aliphatic carbocycles. The number of aromatic nitrogens is 1. The summed E-state index contributed by atoms with van der Waals surface area (Å²) in [5.41, 5.74) is 0. The molecule has 0 bridgehead atoms. The normalized spacial score (nSPS) is 12.5. The molecule has 0 spiro atoms. The molecule has 11 heavy (non-hydrogen) atoms. The fourth-order valence-corrected chi connectivity index (χ4v) is 1.16. The summed E-state index contributed by atoms with van der Waals surface area (Å²) >= 11 is 1.38. The first-order valence-electron chi connectivity index (χ1n) is 3.09. The molecular weight excluding hydrogens is 164 g/mol. The van der Waals surface area contributed by atoms with Gasteiger partial charge in [0.25, 0.3) is 0 Å². The Labute approximate surface area is 67.9 Å². The Morgan fingerprint density at radius 3 is 3.09 bits per heavy atom. The molecule has 2 N–H and O–H groups in total. The van der Waals surface area contributed by atoms with Crippen molar-refractivity contribution in [2.75, 3.05) is 5.32 Å². The molecule has 0 saturated heterocycles. The topological polar surface area (TPSA) is 62.2 Å². The lowest BCUT2D eigenvalue weighted by Crippen LogP contribution is -2.25. The van der Waals surface area contributed by atoms with E-state index in [4.69, 9.17) is 5.11 Å². The average Bonchev–Trinajstić information content (AvgIpc) is 2.39. The number of anilines is 1. The van der Waals surface area contributed by atoms with Crippen molar-refractivity contribution < 1.29 is 9.90 Å². The Balaban J connectivity index is 2.50. The minimum atomic E-state index is -0.875. The Bertz CT molecular complexity index is 235. The predicted octanol–water partition coefficient (Wildman–Crippen LogP) is 1.03. The number of hydrogen-bond acceptors (Lipinski definition) is 4. The minimum Gasteiger partial charge on any atom is -0.480 e. The molecule has 1 atom stereocenters. The van der Waals surface area contributed by atoms with Crippen molar-refractivity contribution in [1.29, 1.82) is 0 Å². The lowest BCUT2D eigenvalue weighted by molar-refractivity contribution is -0.137. The van der Waals surface area contributed by atoms with E-state index in [1.165, 1.54) is 11.3 Å². The molecule has 0 aliphatic heterocycles. The molecule has 1 rings (SSSR count). The van der Waals surface area contributed by atoms with Crippen molar-refractivity contribution in [3.05, 3.63) is 11.6 Å². The standard InChI is InChI=1S/C6H8N2O2S/c1-4(5(9)10)8-6-7-2-3-11-6/h2-4H,1H3,(H,7,8)(H,9,10). The van der Waals surface area contributed by atoms with E-state index >= 15 is 0 Å². The third kappa shape index (κ3) is 2.19. The molecule has 1 aromatic rings. The van der Waals surface area contributed by atoms with Gasteiger partial charge in [-0.25, -0.2) is 4.98 Å². The Kier molecular flexibility index (Phi) is 2.43. The van der Waals surface area contributed by atoms with Gasteiger partial charge in [-0.15, -0.1) is 11.3 Å². The molecule has 0 aromatic carbocycles. The van der Waals surface area contributed by atoms with Gasteiger partial charge in [-0.2, -0.15) is 0 Å². The van der Waals surface area contributed by atoms with E-state index in [1.54, 1.807) is 18.5 Å². The van der Waals surface area contributed by atoms with Crippen molar-refractivity contribution in [2.45, 2.75) is 13.0 Å². The molecule has 4 nitrogen and oxygen atoms in total. The summed E-state index contributed by atoms with van der Waals surface area (Å²) in [7, 11) is 0. The number of nitrogens with zero attached hydrogens (tertiary/aromatic N) is 1. The van der Waals surface area contributed by atoms with Gasteiger partial charge in [-0.3, -0.25) is 4.79 Å². The van der Waals surface area contributed by atoms with Crippen LogP contribution in [0.3, 0.4) is 0 Å². The van der Waals surface area contributed by atoms with Gasteiger partial charge in [0.05, 0.1) is 0 Å². The van der Waals surface area contributed by atoms with Gasteiger partial charge < -0.3 is 10.4 Å². The van der Waals surface area contributed by atoms with Crippen molar-refractivity contribution in [1.82, 2.24) is 4.98 Å². The molecule has 1 heterocycles. The molecule has 0 saturated carbocycles. The average molecular weight is 172 g/mol. The van der Waals surface area contributed by atoms with E-state index in [0.717, 1.165) is 0 Å². The van der Waals surface area contributed by atoms with Crippen molar-refractivity contribution in [3.8, 4) is 0 Å². The first kappa shape index (κ1) is 8.00. The van der Waals surface area contributed by atoms with Crippen LogP contribution in [0.1, 0.15) is 6.92 Å². The number of carboxylic acid groups (broad SMARTS) is 1. The van der Waals surface area contributed by atoms with Crippen LogP contribution in [-0.4, -0.2) is 22.1 Å². The number of rotatable bonds is 3. The van der Waals surface area contributed by atoms with E-state index in [-0.39, 0.29) is 0 Å². The maximum Gasteiger partial charge on any atom is 0.325 e. The zero-order valence-corrected chi connectivity index (χ0v) is 6.76. The second kappa shape index (κ2) is 3.34. The van der Waals surface area contributed by atoms with Crippen molar-refractivity contribution in [3.63, 3.8) is 0 Å². The highest BCUT2D eigenvalue weighted by molar-refractivity contribution is 7.13. The Morgan fingerprint density at radius 1 is 1.91 bits per heavy atom. The highest BCUT2D eigenvalue weighted by Crippen LogP contribution is 2.11. The van der Waals surface area contributed by atoms with Gasteiger partial charge in [0.1, 0.15) is 6.04 Å². The van der Waals surface area contributed by atoms with E-state index in [0.29, 0.717) is 5.13 Å². The first-order valence-corrected chi connectivity index (χ1v) is 3.97. The highest BCUT2D eigenvalue weighted by Gasteiger charge is 2.10. The third-order valence-corrected chi connectivity index (χ3v) is 1.85. The molecular formula is C6H8N2O2S. The number of carboxylic acids is 1. The second-order valence-corrected chi connectivity index (χ2v) is 2.94. The minimum absolute atomic E-state index is 0.582. The molecule has 0 fully saturated rings. The second-order valence-electron chi connectivity index (χ2n) is 2.04. The SMILES string of the molecule is CC(Nc1nccs1)C(=O)O. The zero-order valence-electron chi connectivity index (χ0n) is 5.94. The van der Waals surface area contributed by atoms with Crippen LogP contribution in [0, 0.1) is 0 Å².